The van der Waals surface area contributed by atoms with Gasteiger partial charge in [-0.05, 0) is 44.0 Å². The van der Waals surface area contributed by atoms with Gasteiger partial charge in [0.25, 0.3) is 5.91 Å². The van der Waals surface area contributed by atoms with Crippen molar-refractivity contribution >= 4 is 17.6 Å². The number of aryl methyl sites for hydroxylation is 1. The van der Waals surface area contributed by atoms with Gasteiger partial charge in [0.05, 0.1) is 17.9 Å². The fourth-order valence-corrected chi connectivity index (χ4v) is 2.86. The van der Waals surface area contributed by atoms with Gasteiger partial charge in [0.2, 0.25) is 0 Å². The van der Waals surface area contributed by atoms with E-state index in [4.69, 9.17) is 19.0 Å². The van der Waals surface area contributed by atoms with E-state index in [1.807, 2.05) is 0 Å². The van der Waals surface area contributed by atoms with E-state index in [1.54, 1.807) is 31.2 Å². The first kappa shape index (κ1) is 18.0. The number of ether oxygens (including phenoxy) is 2. The maximum absolute atomic E-state index is 12.5. The van der Waals surface area contributed by atoms with Crippen LogP contribution in [-0.2, 0) is 16.0 Å². The van der Waals surface area contributed by atoms with Gasteiger partial charge in [-0.1, -0.05) is 0 Å². The summed E-state index contributed by atoms with van der Waals surface area (Å²) in [4.78, 5) is 23.4. The molecule has 3 rings (SSSR count). The number of nitrogens with one attached hydrogen (secondary N) is 1. The zero-order chi connectivity index (χ0) is 18.5. The highest BCUT2D eigenvalue weighted by molar-refractivity contribution is 6.06. The Bertz CT molecular complexity index is 774. The van der Waals surface area contributed by atoms with Crippen molar-refractivity contribution in [3.8, 4) is 5.75 Å². The molecular weight excluding hydrogens is 338 g/mol. The fourth-order valence-electron chi connectivity index (χ4n) is 2.86. The second-order valence-electron chi connectivity index (χ2n) is 6.21. The normalized spacial score (nSPS) is 16.4. The van der Waals surface area contributed by atoms with Crippen molar-refractivity contribution in [2.24, 2.45) is 0 Å². The molecule has 1 aromatic carbocycles. The molecule has 26 heavy (non-hydrogen) atoms. The molecular formula is C19H21NO6. The third-order valence-corrected chi connectivity index (χ3v) is 4.16. The summed E-state index contributed by atoms with van der Waals surface area (Å²) in [5.74, 6) is -0.616. The quantitative estimate of drug-likeness (QED) is 0.788. The summed E-state index contributed by atoms with van der Waals surface area (Å²) in [7, 11) is 0. The van der Waals surface area contributed by atoms with Crippen LogP contribution in [0, 0.1) is 6.92 Å². The van der Waals surface area contributed by atoms with Gasteiger partial charge < -0.3 is 24.3 Å². The summed E-state index contributed by atoms with van der Waals surface area (Å²) in [5, 5.41) is 11.7. The summed E-state index contributed by atoms with van der Waals surface area (Å²) >= 11 is 0. The van der Waals surface area contributed by atoms with E-state index < -0.39 is 11.9 Å². The minimum absolute atomic E-state index is 0.143. The van der Waals surface area contributed by atoms with Crippen molar-refractivity contribution in [1.82, 2.24) is 0 Å². The van der Waals surface area contributed by atoms with Crippen molar-refractivity contribution in [2.75, 3.05) is 18.5 Å². The number of anilines is 1. The summed E-state index contributed by atoms with van der Waals surface area (Å²) in [6.07, 6.45) is 3.26. The lowest BCUT2D eigenvalue weighted by Gasteiger charge is -2.12. The average Bonchev–Trinajstić information content (AvgIpc) is 3.24. The number of amides is 1. The van der Waals surface area contributed by atoms with E-state index in [9.17, 15) is 9.59 Å². The van der Waals surface area contributed by atoms with Crippen molar-refractivity contribution in [2.45, 2.75) is 32.3 Å². The molecule has 2 aromatic rings. The van der Waals surface area contributed by atoms with Gasteiger partial charge in [-0.15, -0.1) is 0 Å². The van der Waals surface area contributed by atoms with Crippen LogP contribution >= 0.6 is 0 Å². The molecule has 2 heterocycles. The molecule has 1 aliphatic heterocycles. The largest absolute Gasteiger partial charge is 0.491 e. The van der Waals surface area contributed by atoms with E-state index in [1.165, 1.54) is 6.26 Å². The average molecular weight is 359 g/mol. The minimum atomic E-state index is -1.05. The fraction of sp³-hybridized carbons (Fsp3) is 0.368. The molecule has 7 heteroatoms. The summed E-state index contributed by atoms with van der Waals surface area (Å²) in [6.45, 7) is 3.00. The third kappa shape index (κ3) is 4.43. The predicted octanol–water partition coefficient (Wildman–Crippen LogP) is 3.03. The summed E-state index contributed by atoms with van der Waals surface area (Å²) < 4.78 is 16.4. The Morgan fingerprint density at radius 2 is 2.08 bits per heavy atom. The zero-order valence-electron chi connectivity index (χ0n) is 14.5. The molecule has 1 aromatic heterocycles. The number of carboxylic acid groups (broad SMARTS) is 1. The van der Waals surface area contributed by atoms with E-state index >= 15 is 0 Å². The van der Waals surface area contributed by atoms with E-state index in [0.717, 1.165) is 19.4 Å². The van der Waals surface area contributed by atoms with Crippen LogP contribution in [0.2, 0.25) is 0 Å². The van der Waals surface area contributed by atoms with E-state index in [2.05, 4.69) is 5.32 Å². The molecule has 0 aliphatic carbocycles. The standard InChI is InChI=1S/C19H21NO6/c1-12-10-26-16(9-17(21)22)18(12)19(23)20-13-4-6-14(7-5-13)25-11-15-3-2-8-24-15/h4-7,10,15H,2-3,8-9,11H2,1H3,(H,20,23)(H,21,22). The van der Waals surface area contributed by atoms with Crippen LogP contribution in [0.3, 0.4) is 0 Å². The van der Waals surface area contributed by atoms with Crippen molar-refractivity contribution in [3.63, 3.8) is 0 Å². The topological polar surface area (TPSA) is 98.0 Å². The SMILES string of the molecule is Cc1coc(CC(=O)O)c1C(=O)Nc1ccc(OCC2CCCO2)cc1. The second-order valence-corrected chi connectivity index (χ2v) is 6.21. The summed E-state index contributed by atoms with van der Waals surface area (Å²) in [6, 6.07) is 7.00. The number of carbonyl (C=O) groups excluding carboxylic acids is 1. The highest BCUT2D eigenvalue weighted by Crippen LogP contribution is 2.22. The molecule has 1 fully saturated rings. The van der Waals surface area contributed by atoms with E-state index in [0.29, 0.717) is 23.6 Å². The van der Waals surface area contributed by atoms with Crippen LogP contribution in [0.4, 0.5) is 5.69 Å². The Kier molecular flexibility index (Phi) is 5.58. The van der Waals surface area contributed by atoms with Gasteiger partial charge in [-0.25, -0.2) is 0 Å². The summed E-state index contributed by atoms with van der Waals surface area (Å²) in [5.41, 5.74) is 1.43. The van der Waals surface area contributed by atoms with Crippen LogP contribution < -0.4 is 10.1 Å². The highest BCUT2D eigenvalue weighted by atomic mass is 16.5. The Balaban J connectivity index is 1.61. The molecule has 0 radical (unpaired) electrons. The Hall–Kier alpha value is -2.80. The van der Waals surface area contributed by atoms with Crippen LogP contribution in [0.5, 0.6) is 5.75 Å². The first-order valence-electron chi connectivity index (χ1n) is 8.47. The zero-order valence-corrected chi connectivity index (χ0v) is 14.5. The first-order valence-corrected chi connectivity index (χ1v) is 8.47. The van der Waals surface area contributed by atoms with Gasteiger partial charge in [-0.2, -0.15) is 0 Å². The molecule has 138 valence electrons. The number of aliphatic carboxylic acids is 1. The lowest BCUT2D eigenvalue weighted by molar-refractivity contribution is -0.136. The van der Waals surface area contributed by atoms with Crippen LogP contribution in [0.1, 0.15) is 34.5 Å². The van der Waals surface area contributed by atoms with Gasteiger partial charge in [0, 0.05) is 17.9 Å². The number of benzene rings is 1. The Morgan fingerprint density at radius 1 is 1.31 bits per heavy atom. The molecule has 1 atom stereocenters. The molecule has 0 saturated carbocycles. The Morgan fingerprint density at radius 3 is 2.73 bits per heavy atom. The molecule has 7 nitrogen and oxygen atoms in total. The highest BCUT2D eigenvalue weighted by Gasteiger charge is 2.21. The van der Waals surface area contributed by atoms with Crippen molar-refractivity contribution < 1.29 is 28.6 Å². The molecule has 2 N–H and O–H groups in total. The molecule has 1 unspecified atom stereocenters. The molecule has 0 spiro atoms. The molecule has 1 aliphatic rings. The molecule has 0 bridgehead atoms. The van der Waals surface area contributed by atoms with Crippen LogP contribution in [0.15, 0.2) is 34.9 Å². The smallest absolute Gasteiger partial charge is 0.311 e. The van der Waals surface area contributed by atoms with E-state index in [-0.39, 0.29) is 23.8 Å². The number of carbonyl (C=O) groups is 2. The number of rotatable bonds is 7. The van der Waals surface area contributed by atoms with Crippen molar-refractivity contribution in [3.05, 3.63) is 47.4 Å². The number of carboxylic acids is 1. The van der Waals surface area contributed by atoms with Crippen LogP contribution in [-0.4, -0.2) is 36.3 Å². The molecule has 1 saturated heterocycles. The number of hydrogen-bond donors (Lipinski definition) is 2. The predicted molar refractivity (Wildman–Crippen MR) is 93.6 cm³/mol. The maximum Gasteiger partial charge on any atom is 0.311 e. The van der Waals surface area contributed by atoms with Gasteiger partial charge >= 0.3 is 5.97 Å². The maximum atomic E-state index is 12.5. The van der Waals surface area contributed by atoms with Crippen LogP contribution in [0.25, 0.3) is 0 Å². The number of hydrogen-bond acceptors (Lipinski definition) is 5. The first-order chi connectivity index (χ1) is 12.5. The van der Waals surface area contributed by atoms with Gasteiger partial charge in [0.15, 0.2) is 0 Å². The third-order valence-electron chi connectivity index (χ3n) is 4.16. The lowest BCUT2D eigenvalue weighted by Crippen LogP contribution is -2.16. The monoisotopic (exact) mass is 359 g/mol. The van der Waals surface area contributed by atoms with Crippen molar-refractivity contribution in [1.29, 1.82) is 0 Å². The molecule has 1 amide bonds. The van der Waals surface area contributed by atoms with Gasteiger partial charge in [-0.3, -0.25) is 9.59 Å². The minimum Gasteiger partial charge on any atom is -0.491 e. The lowest BCUT2D eigenvalue weighted by atomic mass is 10.1. The number of furan rings is 1. The Labute approximate surface area is 150 Å². The van der Waals surface area contributed by atoms with Gasteiger partial charge in [0.1, 0.15) is 24.5 Å². The second kappa shape index (κ2) is 8.05.